The molecular weight excluding hydrogens is 542 g/mol. The largest absolute Gasteiger partial charge is 0.493 e. The van der Waals surface area contributed by atoms with Crippen LogP contribution in [0.1, 0.15) is 22.0 Å². The summed E-state index contributed by atoms with van der Waals surface area (Å²) < 4.78 is 11.1. The Balaban J connectivity index is 1.41. The van der Waals surface area contributed by atoms with Gasteiger partial charge in [-0.1, -0.05) is 48.5 Å². The fourth-order valence-electron chi connectivity index (χ4n) is 5.24. The molecule has 11 heteroatoms. The molecular formula is C31H23N3O8. The van der Waals surface area contributed by atoms with Crippen molar-refractivity contribution in [1.82, 2.24) is 0 Å². The van der Waals surface area contributed by atoms with Gasteiger partial charge in [-0.05, 0) is 48.0 Å². The summed E-state index contributed by atoms with van der Waals surface area (Å²) >= 11 is 0. The molecule has 0 bridgehead atoms. The third-order valence-electron chi connectivity index (χ3n) is 7.17. The Morgan fingerprint density at radius 3 is 2.21 bits per heavy atom. The predicted molar refractivity (Wildman–Crippen MR) is 150 cm³/mol. The molecule has 0 saturated carbocycles. The Morgan fingerprint density at radius 1 is 0.833 bits per heavy atom. The SMILES string of the molecule is COc1cc([C@@H]2[C@@H]3C(=O)N(c4ccccc4)C(=O)[C@H]3ON2c2cccc([N+](=O)[O-])c2)ccc1OC(=O)c1ccccc1. The second-order valence-corrected chi connectivity index (χ2v) is 9.61. The van der Waals surface area contributed by atoms with Gasteiger partial charge in [-0.2, -0.15) is 0 Å². The number of hydroxylamine groups is 1. The molecule has 0 unspecified atom stereocenters. The van der Waals surface area contributed by atoms with Crippen LogP contribution in [-0.2, 0) is 14.4 Å². The van der Waals surface area contributed by atoms with E-state index in [0.717, 1.165) is 4.90 Å². The maximum absolute atomic E-state index is 13.8. The molecule has 2 saturated heterocycles. The molecule has 4 aromatic carbocycles. The Bertz CT molecular complexity index is 1700. The first-order valence-electron chi connectivity index (χ1n) is 13.0. The number of anilines is 2. The van der Waals surface area contributed by atoms with Crippen LogP contribution in [0.4, 0.5) is 17.1 Å². The molecule has 210 valence electrons. The average Bonchev–Trinajstić information content (AvgIpc) is 3.53. The maximum Gasteiger partial charge on any atom is 0.343 e. The highest BCUT2D eigenvalue weighted by molar-refractivity contribution is 6.23. The number of carbonyl (C=O) groups excluding carboxylic acids is 3. The molecule has 6 rings (SSSR count). The Morgan fingerprint density at radius 2 is 1.52 bits per heavy atom. The van der Waals surface area contributed by atoms with Gasteiger partial charge in [0, 0.05) is 12.1 Å². The predicted octanol–water partition coefficient (Wildman–Crippen LogP) is 4.87. The number of nitrogens with zero attached hydrogens (tertiary/aromatic N) is 3. The highest BCUT2D eigenvalue weighted by atomic mass is 16.7. The standard InChI is InChI=1S/C31H23N3O8/c1-40-25-17-20(15-16-24(25)41-31(37)19-9-4-2-5-10-19)27-26-28(30(36)32(29(26)35)21-11-6-3-7-12-21)42-33(27)22-13-8-14-23(18-22)34(38)39/h2-18,26-28H,1H3/t26-,27+,28-/m0/s1. The van der Waals surface area contributed by atoms with Gasteiger partial charge < -0.3 is 9.47 Å². The van der Waals surface area contributed by atoms with Crippen molar-refractivity contribution >= 4 is 34.8 Å². The van der Waals surface area contributed by atoms with Crippen LogP contribution in [-0.4, -0.2) is 35.9 Å². The van der Waals surface area contributed by atoms with E-state index in [9.17, 15) is 24.5 Å². The van der Waals surface area contributed by atoms with Crippen LogP contribution in [0.5, 0.6) is 11.5 Å². The number of benzene rings is 4. The number of rotatable bonds is 7. The fourth-order valence-corrected chi connectivity index (χ4v) is 5.24. The zero-order chi connectivity index (χ0) is 29.4. The summed E-state index contributed by atoms with van der Waals surface area (Å²) in [5.41, 5.74) is 1.36. The normalized spacial score (nSPS) is 19.5. The van der Waals surface area contributed by atoms with Crippen molar-refractivity contribution in [1.29, 1.82) is 0 Å². The summed E-state index contributed by atoms with van der Waals surface area (Å²) in [6, 6.07) is 26.6. The van der Waals surface area contributed by atoms with Crippen molar-refractivity contribution in [3.63, 3.8) is 0 Å². The summed E-state index contributed by atoms with van der Waals surface area (Å²) in [5, 5.41) is 12.9. The number of imide groups is 1. The number of hydrogen-bond acceptors (Lipinski definition) is 9. The number of non-ortho nitro benzene ring substituents is 1. The first-order chi connectivity index (χ1) is 20.4. The summed E-state index contributed by atoms with van der Waals surface area (Å²) in [6.07, 6.45) is -1.18. The van der Waals surface area contributed by atoms with E-state index < -0.39 is 40.8 Å². The smallest absolute Gasteiger partial charge is 0.343 e. The summed E-state index contributed by atoms with van der Waals surface area (Å²) in [6.45, 7) is 0. The van der Waals surface area contributed by atoms with E-state index in [1.807, 2.05) is 0 Å². The zero-order valence-electron chi connectivity index (χ0n) is 22.2. The minimum atomic E-state index is -1.18. The highest BCUT2D eigenvalue weighted by Crippen LogP contribution is 2.49. The van der Waals surface area contributed by atoms with E-state index in [4.69, 9.17) is 14.3 Å². The van der Waals surface area contributed by atoms with Crippen LogP contribution in [0.15, 0.2) is 103 Å². The number of nitro benzene ring substituents is 1. The minimum absolute atomic E-state index is 0.146. The number of carbonyl (C=O) groups is 3. The fraction of sp³-hybridized carbons (Fsp3) is 0.129. The first-order valence-corrected chi connectivity index (χ1v) is 13.0. The van der Waals surface area contributed by atoms with Crippen molar-refractivity contribution in [3.05, 3.63) is 124 Å². The monoisotopic (exact) mass is 565 g/mol. The van der Waals surface area contributed by atoms with Gasteiger partial charge in [0.1, 0.15) is 5.92 Å². The second-order valence-electron chi connectivity index (χ2n) is 9.61. The molecule has 2 aliphatic rings. The van der Waals surface area contributed by atoms with Gasteiger partial charge in [-0.15, -0.1) is 0 Å². The molecule has 2 aliphatic heterocycles. The lowest BCUT2D eigenvalue weighted by atomic mass is 9.90. The van der Waals surface area contributed by atoms with Crippen molar-refractivity contribution in [2.45, 2.75) is 12.1 Å². The number of esters is 1. The maximum atomic E-state index is 13.8. The average molecular weight is 566 g/mol. The first kappa shape index (κ1) is 26.7. The van der Waals surface area contributed by atoms with Crippen LogP contribution in [0.2, 0.25) is 0 Å². The van der Waals surface area contributed by atoms with E-state index in [0.29, 0.717) is 16.8 Å². The van der Waals surface area contributed by atoms with Crippen LogP contribution in [0.3, 0.4) is 0 Å². The van der Waals surface area contributed by atoms with Crippen LogP contribution >= 0.6 is 0 Å². The highest BCUT2D eigenvalue weighted by Gasteiger charge is 2.60. The topological polar surface area (TPSA) is 129 Å². The number of fused-ring (bicyclic) bond motifs is 1. The molecule has 0 N–H and O–H groups in total. The van der Waals surface area contributed by atoms with E-state index in [2.05, 4.69) is 0 Å². The van der Waals surface area contributed by atoms with Crippen molar-refractivity contribution in [3.8, 4) is 11.5 Å². The molecule has 11 nitrogen and oxygen atoms in total. The number of para-hydroxylation sites is 1. The van der Waals surface area contributed by atoms with Gasteiger partial charge in [0.2, 0.25) is 5.91 Å². The lowest BCUT2D eigenvalue weighted by Crippen LogP contribution is -2.37. The molecule has 2 fully saturated rings. The quantitative estimate of drug-likeness (QED) is 0.101. The van der Waals surface area contributed by atoms with E-state index in [-0.39, 0.29) is 22.9 Å². The van der Waals surface area contributed by atoms with Gasteiger partial charge in [0.05, 0.1) is 35.0 Å². The Labute approximate surface area is 239 Å². The number of methoxy groups -OCH3 is 1. The number of hydrogen-bond donors (Lipinski definition) is 0. The van der Waals surface area contributed by atoms with Gasteiger partial charge in [0.15, 0.2) is 17.6 Å². The summed E-state index contributed by atoms with van der Waals surface area (Å²) in [5.74, 6) is -2.25. The van der Waals surface area contributed by atoms with E-state index in [1.165, 1.54) is 36.4 Å². The van der Waals surface area contributed by atoms with Crippen LogP contribution in [0.25, 0.3) is 0 Å². The molecule has 4 aromatic rings. The summed E-state index contributed by atoms with van der Waals surface area (Å²) in [7, 11) is 1.41. The molecule has 0 aromatic heterocycles. The lowest BCUT2D eigenvalue weighted by molar-refractivity contribution is -0.384. The van der Waals surface area contributed by atoms with Gasteiger partial charge >= 0.3 is 5.97 Å². The van der Waals surface area contributed by atoms with Crippen molar-refractivity contribution in [2.75, 3.05) is 17.1 Å². The Kier molecular flexibility index (Phi) is 6.85. The summed E-state index contributed by atoms with van der Waals surface area (Å²) in [4.78, 5) is 58.2. The Hall–Kier alpha value is -5.55. The van der Waals surface area contributed by atoms with Gasteiger partial charge in [0.25, 0.3) is 11.6 Å². The number of ether oxygens (including phenoxy) is 2. The molecule has 2 amide bonds. The lowest BCUT2D eigenvalue weighted by Gasteiger charge is -2.29. The second kappa shape index (κ2) is 10.8. The van der Waals surface area contributed by atoms with Gasteiger partial charge in [-0.25, -0.2) is 14.8 Å². The van der Waals surface area contributed by atoms with Crippen molar-refractivity contribution < 1.29 is 33.6 Å². The van der Waals surface area contributed by atoms with Crippen molar-refractivity contribution in [2.24, 2.45) is 5.92 Å². The van der Waals surface area contributed by atoms with E-state index in [1.54, 1.807) is 78.9 Å². The number of nitro groups is 1. The molecule has 0 spiro atoms. The molecule has 2 heterocycles. The third-order valence-corrected chi connectivity index (χ3v) is 7.17. The van der Waals surface area contributed by atoms with Gasteiger partial charge in [-0.3, -0.25) is 24.5 Å². The molecule has 42 heavy (non-hydrogen) atoms. The minimum Gasteiger partial charge on any atom is -0.493 e. The number of amides is 2. The zero-order valence-corrected chi connectivity index (χ0v) is 22.2. The van der Waals surface area contributed by atoms with E-state index >= 15 is 0 Å². The third kappa shape index (κ3) is 4.61. The molecule has 0 aliphatic carbocycles. The van der Waals surface area contributed by atoms with Crippen LogP contribution < -0.4 is 19.4 Å². The van der Waals surface area contributed by atoms with Crippen LogP contribution in [0, 0.1) is 16.0 Å². The molecule has 0 radical (unpaired) electrons. The molecule has 3 atom stereocenters.